The van der Waals surface area contributed by atoms with E-state index in [1.807, 2.05) is 0 Å². The molecule has 266 valence electrons. The Morgan fingerprint density at radius 1 is 0.840 bits per heavy atom. The highest BCUT2D eigenvalue weighted by atomic mass is 19.4. The van der Waals surface area contributed by atoms with Gasteiger partial charge in [-0.1, -0.05) is 30.3 Å². The van der Waals surface area contributed by atoms with E-state index in [0.29, 0.717) is 72.0 Å². The number of nitrogens with zero attached hydrogens (tertiary/aromatic N) is 2. The Kier molecular flexibility index (Phi) is 12.5. The van der Waals surface area contributed by atoms with E-state index < -0.39 is 23.5 Å². The molecule has 0 unspecified atom stereocenters. The minimum Gasteiger partial charge on any atom is -0.501 e. The molecule has 1 aliphatic carbocycles. The largest absolute Gasteiger partial charge is 0.501 e. The summed E-state index contributed by atoms with van der Waals surface area (Å²) in [5.41, 5.74) is -0.437. The molecule has 1 aliphatic rings. The summed E-state index contributed by atoms with van der Waals surface area (Å²) in [6.07, 6.45) is -3.81. The van der Waals surface area contributed by atoms with Crippen LogP contribution in [0, 0.1) is 0 Å². The molecule has 4 rings (SSSR count). The van der Waals surface area contributed by atoms with Gasteiger partial charge < -0.3 is 24.4 Å². The normalized spacial score (nSPS) is 14.1. The molecule has 50 heavy (non-hydrogen) atoms. The van der Waals surface area contributed by atoms with Gasteiger partial charge in [0.15, 0.2) is 0 Å². The number of alkyl halides is 6. The zero-order valence-electron chi connectivity index (χ0n) is 27.9. The van der Waals surface area contributed by atoms with E-state index in [4.69, 9.17) is 14.2 Å². The number of amides is 1. The van der Waals surface area contributed by atoms with Crippen LogP contribution in [-0.2, 0) is 28.4 Å². The molecule has 13 heteroatoms. The lowest BCUT2D eigenvalue weighted by molar-refractivity contribution is -0.143. The van der Waals surface area contributed by atoms with Crippen LogP contribution >= 0.6 is 0 Å². The maximum Gasteiger partial charge on any atom is 0.416 e. The summed E-state index contributed by atoms with van der Waals surface area (Å²) in [4.78, 5) is 18.5. The van der Waals surface area contributed by atoms with Crippen molar-refractivity contribution in [3.8, 4) is 5.75 Å². The van der Waals surface area contributed by atoms with Crippen LogP contribution in [0.15, 0.2) is 101 Å². The van der Waals surface area contributed by atoms with Crippen molar-refractivity contribution in [1.82, 2.24) is 10.2 Å². The molecule has 0 radical (unpaired) electrons. The highest BCUT2D eigenvalue weighted by Crippen LogP contribution is 2.38. The third-order valence-electron chi connectivity index (χ3n) is 7.87. The smallest absolute Gasteiger partial charge is 0.416 e. The first-order valence-electron chi connectivity index (χ1n) is 15.5. The zero-order valence-corrected chi connectivity index (χ0v) is 27.9. The Hall–Kier alpha value is -5.04. The topological polar surface area (TPSA) is 72.4 Å². The van der Waals surface area contributed by atoms with E-state index >= 15 is 0 Å². The summed E-state index contributed by atoms with van der Waals surface area (Å²) in [5, 5.41) is 2.73. The molecule has 0 aliphatic heterocycles. The SMILES string of the molecule is CN=C(c1cc(C(F)(F)F)cc(C(F)(F)F)c1)N(Cc1ccc(C(=O)NCCOC)cc1)/C(=C/c1ccc(OC)cc1)C1=CC=C(OC)CC1. The van der Waals surface area contributed by atoms with Gasteiger partial charge in [-0.15, -0.1) is 0 Å². The van der Waals surface area contributed by atoms with E-state index in [9.17, 15) is 31.1 Å². The third kappa shape index (κ3) is 9.78. The molecule has 0 atom stereocenters. The van der Waals surface area contributed by atoms with Gasteiger partial charge in [0.25, 0.3) is 5.91 Å². The summed E-state index contributed by atoms with van der Waals surface area (Å²) >= 11 is 0. The summed E-state index contributed by atoms with van der Waals surface area (Å²) in [5.74, 6) is 0.833. The average Bonchev–Trinajstić information content (AvgIpc) is 3.10. The monoisotopic (exact) mass is 701 g/mol. The molecule has 3 aromatic carbocycles. The van der Waals surface area contributed by atoms with Crippen LogP contribution in [0.5, 0.6) is 5.75 Å². The first-order valence-corrected chi connectivity index (χ1v) is 15.5. The Morgan fingerprint density at radius 2 is 1.48 bits per heavy atom. The van der Waals surface area contributed by atoms with E-state index in [-0.39, 0.29) is 29.9 Å². The second-order valence-corrected chi connectivity index (χ2v) is 11.2. The average molecular weight is 702 g/mol. The number of hydrogen-bond acceptors (Lipinski definition) is 5. The van der Waals surface area contributed by atoms with Gasteiger partial charge in [-0.25, -0.2) is 0 Å². The number of carbonyl (C=O) groups is 1. The van der Waals surface area contributed by atoms with Gasteiger partial charge in [0.05, 0.1) is 37.7 Å². The second-order valence-electron chi connectivity index (χ2n) is 11.2. The Morgan fingerprint density at radius 3 is 1.98 bits per heavy atom. The van der Waals surface area contributed by atoms with Crippen molar-refractivity contribution in [1.29, 1.82) is 0 Å². The van der Waals surface area contributed by atoms with E-state index in [2.05, 4.69) is 10.3 Å². The second kappa shape index (κ2) is 16.6. The molecular weight excluding hydrogens is 664 g/mol. The molecule has 1 amide bonds. The van der Waals surface area contributed by atoms with Crippen molar-refractivity contribution in [3.05, 3.63) is 129 Å². The number of methoxy groups -OCH3 is 3. The Labute approximate surface area is 286 Å². The fourth-order valence-corrected chi connectivity index (χ4v) is 5.28. The molecule has 1 N–H and O–H groups in total. The first kappa shape index (κ1) is 37.8. The van der Waals surface area contributed by atoms with Gasteiger partial charge in [-0.3, -0.25) is 9.79 Å². The van der Waals surface area contributed by atoms with Crippen LogP contribution in [0.2, 0.25) is 0 Å². The standard InChI is InChI=1S/C37H37F6N3O4/c1-44-34(28-20-29(36(38,39)40)22-30(21-28)37(41,42)43)46(23-25-5-9-27(10-6-25)35(47)45-17-18-48-2)33(26-11-15-32(50-4)16-12-26)19-24-7-13-31(49-3)14-8-24/h5-11,13-15,19-22H,12,16-18,23H2,1-4H3,(H,45,47)/b33-19+,44-34?. The number of benzene rings is 3. The predicted octanol–water partition coefficient (Wildman–Crippen LogP) is 8.28. The van der Waals surface area contributed by atoms with Crippen LogP contribution in [-0.4, -0.2) is 58.2 Å². The van der Waals surface area contributed by atoms with Crippen molar-refractivity contribution in [2.75, 3.05) is 41.5 Å². The highest BCUT2D eigenvalue weighted by molar-refractivity contribution is 6.01. The number of aliphatic imine (C=N–C) groups is 1. The van der Waals surface area contributed by atoms with Gasteiger partial charge in [-0.2, -0.15) is 26.3 Å². The minimum absolute atomic E-state index is 0.0317. The minimum atomic E-state index is -5.06. The van der Waals surface area contributed by atoms with Crippen molar-refractivity contribution < 1.29 is 45.3 Å². The van der Waals surface area contributed by atoms with E-state index in [0.717, 1.165) is 5.57 Å². The maximum absolute atomic E-state index is 14.0. The molecular formula is C37H37F6N3O4. The zero-order chi connectivity index (χ0) is 36.5. The van der Waals surface area contributed by atoms with Crippen LogP contribution < -0.4 is 10.1 Å². The number of hydrogen-bond donors (Lipinski definition) is 1. The number of halogens is 6. The molecule has 0 heterocycles. The third-order valence-corrected chi connectivity index (χ3v) is 7.87. The van der Waals surface area contributed by atoms with Crippen molar-refractivity contribution in [3.63, 3.8) is 0 Å². The van der Waals surface area contributed by atoms with E-state index in [1.54, 1.807) is 78.8 Å². The fourth-order valence-electron chi connectivity index (χ4n) is 5.28. The van der Waals surface area contributed by atoms with Gasteiger partial charge in [-0.05, 0) is 77.7 Å². The number of nitrogens with one attached hydrogen (secondary N) is 1. The number of rotatable bonds is 12. The predicted molar refractivity (Wildman–Crippen MR) is 178 cm³/mol. The summed E-state index contributed by atoms with van der Waals surface area (Å²) < 4.78 is 99.7. The van der Waals surface area contributed by atoms with Crippen molar-refractivity contribution in [2.45, 2.75) is 31.7 Å². The molecule has 0 saturated heterocycles. The fraction of sp³-hybridized carbons (Fsp3) is 0.297. The summed E-state index contributed by atoms with van der Waals surface area (Å²) in [6.45, 7) is 0.589. The lowest BCUT2D eigenvalue weighted by Crippen LogP contribution is -2.32. The van der Waals surface area contributed by atoms with E-state index in [1.165, 1.54) is 21.3 Å². The lowest BCUT2D eigenvalue weighted by atomic mass is 9.96. The molecule has 0 spiro atoms. The molecule has 0 saturated carbocycles. The van der Waals surface area contributed by atoms with Crippen LogP contribution in [0.25, 0.3) is 6.08 Å². The van der Waals surface area contributed by atoms with Gasteiger partial charge >= 0.3 is 12.4 Å². The summed E-state index contributed by atoms with van der Waals surface area (Å²) in [7, 11) is 5.89. The van der Waals surface area contributed by atoms with Crippen LogP contribution in [0.1, 0.15) is 51.0 Å². The Balaban J connectivity index is 1.92. The molecule has 3 aromatic rings. The van der Waals surface area contributed by atoms with Gasteiger partial charge in [0.1, 0.15) is 11.6 Å². The van der Waals surface area contributed by atoms with Gasteiger partial charge in [0, 0.05) is 50.5 Å². The lowest BCUT2D eigenvalue weighted by Gasteiger charge is -2.32. The van der Waals surface area contributed by atoms with Crippen LogP contribution in [0.3, 0.4) is 0 Å². The van der Waals surface area contributed by atoms with Crippen molar-refractivity contribution >= 4 is 17.8 Å². The first-order chi connectivity index (χ1) is 23.8. The van der Waals surface area contributed by atoms with Crippen LogP contribution in [0.4, 0.5) is 26.3 Å². The quantitative estimate of drug-likeness (QED) is 0.0891. The number of amidine groups is 1. The highest BCUT2D eigenvalue weighted by Gasteiger charge is 2.38. The number of allylic oxidation sites excluding steroid dienone is 4. The maximum atomic E-state index is 14.0. The molecule has 0 bridgehead atoms. The molecule has 7 nitrogen and oxygen atoms in total. The Bertz CT molecular complexity index is 1730. The molecule has 0 aromatic heterocycles. The van der Waals surface area contributed by atoms with Gasteiger partial charge in [0.2, 0.25) is 0 Å². The number of ether oxygens (including phenoxy) is 3. The van der Waals surface area contributed by atoms with Crippen molar-refractivity contribution in [2.24, 2.45) is 4.99 Å². The number of carbonyl (C=O) groups excluding carboxylic acids is 1. The molecule has 0 fully saturated rings. The summed E-state index contributed by atoms with van der Waals surface area (Å²) in [6, 6.07) is 15.0.